The van der Waals surface area contributed by atoms with Gasteiger partial charge in [-0.1, -0.05) is 30.3 Å². The van der Waals surface area contributed by atoms with E-state index in [9.17, 15) is 53.1 Å². The van der Waals surface area contributed by atoms with Gasteiger partial charge in [-0.25, -0.2) is 14.4 Å². The third kappa shape index (κ3) is 7.70. The van der Waals surface area contributed by atoms with Crippen LogP contribution >= 0.6 is 11.8 Å². The zero-order valence-electron chi connectivity index (χ0n) is 30.3. The van der Waals surface area contributed by atoms with Crippen LogP contribution < -0.4 is 25.4 Å². The molecule has 7 amide bonds. The number of rotatable bonds is 13. The molecule has 2 aromatic rings. The summed E-state index contributed by atoms with van der Waals surface area (Å²) < 4.78 is 13.9. The summed E-state index contributed by atoms with van der Waals surface area (Å²) in [6.45, 7) is 4.75. The van der Waals surface area contributed by atoms with Crippen molar-refractivity contribution in [3.63, 3.8) is 0 Å². The summed E-state index contributed by atoms with van der Waals surface area (Å²) in [5, 5.41) is 16.2. The number of β-lactam (4-membered cyclic amide) rings is 1. The van der Waals surface area contributed by atoms with Crippen LogP contribution in [-0.4, -0.2) is 128 Å². The maximum Gasteiger partial charge on any atom is 0.338 e. The van der Waals surface area contributed by atoms with E-state index >= 15 is 0 Å². The van der Waals surface area contributed by atoms with Gasteiger partial charge in [-0.2, -0.15) is 0 Å². The number of nitrogens with one attached hydrogen (secondary N) is 3. The van der Waals surface area contributed by atoms with Gasteiger partial charge in [-0.3, -0.25) is 38.5 Å². The van der Waals surface area contributed by atoms with Crippen LogP contribution in [0.2, 0.25) is 0 Å². The van der Waals surface area contributed by atoms with Gasteiger partial charge < -0.3 is 45.1 Å². The molecule has 5 atom stereocenters. The standard InChI is InChI=1S/C35H36N6O14S/c1-5-39-13-14-40(28(47)27(39)46)33(52)37-24(20-9-7-6-8-10-20)26(45)38-35(36-17-42)31(51)41-25(29(48)49)34(4,56-32(35)41)16-53-30(50)21-11-12-22(54-18(2)43)23(15-21)55-19(3)44/h6-12,15,17,24-25,32H,5,13-14,16H2,1-4H3,(H,36,42)(H,37,52)(H,38,45)(H,48,49). The van der Waals surface area contributed by atoms with Gasteiger partial charge in [-0.15, -0.1) is 11.8 Å². The Morgan fingerprint density at radius 2 is 1.62 bits per heavy atom. The Kier molecular flexibility index (Phi) is 11.7. The van der Waals surface area contributed by atoms with Gasteiger partial charge in [0.05, 0.1) is 10.3 Å². The Morgan fingerprint density at radius 3 is 2.23 bits per heavy atom. The molecule has 5 unspecified atom stereocenters. The molecule has 3 aliphatic heterocycles. The topological polar surface area (TPSA) is 264 Å². The second-order valence-electron chi connectivity index (χ2n) is 12.9. The number of carboxylic acids is 1. The minimum atomic E-state index is -2.26. The third-order valence-electron chi connectivity index (χ3n) is 9.05. The molecule has 296 valence electrons. The summed E-state index contributed by atoms with van der Waals surface area (Å²) in [4.78, 5) is 130. The zero-order chi connectivity index (χ0) is 41.1. The average molecular weight is 797 g/mol. The number of esters is 3. The molecule has 2 aromatic carbocycles. The van der Waals surface area contributed by atoms with E-state index in [-0.39, 0.29) is 48.7 Å². The smallest absolute Gasteiger partial charge is 0.338 e. The van der Waals surface area contributed by atoms with Crippen LogP contribution in [0.4, 0.5) is 4.79 Å². The van der Waals surface area contributed by atoms with E-state index in [1.807, 2.05) is 0 Å². The Balaban J connectivity index is 1.38. The van der Waals surface area contributed by atoms with Gasteiger partial charge in [0.1, 0.15) is 24.1 Å². The van der Waals surface area contributed by atoms with Crippen molar-refractivity contribution in [3.05, 3.63) is 59.7 Å². The number of aliphatic carboxylic acids is 1. The molecule has 0 saturated carbocycles. The van der Waals surface area contributed by atoms with Crippen molar-refractivity contribution in [1.29, 1.82) is 0 Å². The van der Waals surface area contributed by atoms with Gasteiger partial charge in [0.25, 0.3) is 5.91 Å². The first-order valence-corrected chi connectivity index (χ1v) is 17.8. The summed E-state index contributed by atoms with van der Waals surface area (Å²) in [6, 6.07) is 6.79. The molecule has 3 aliphatic rings. The number of amides is 7. The summed E-state index contributed by atoms with van der Waals surface area (Å²) in [5.74, 6) is -8.58. The van der Waals surface area contributed by atoms with Crippen LogP contribution in [0.5, 0.6) is 11.5 Å². The van der Waals surface area contributed by atoms with Gasteiger partial charge in [0.2, 0.25) is 18.0 Å². The highest BCUT2D eigenvalue weighted by atomic mass is 32.2. The van der Waals surface area contributed by atoms with Crippen LogP contribution in [0, 0.1) is 0 Å². The normalized spacial score (nSPS) is 23.2. The first-order chi connectivity index (χ1) is 26.5. The van der Waals surface area contributed by atoms with Crippen molar-refractivity contribution in [2.45, 2.75) is 55.6 Å². The molecule has 3 fully saturated rings. The molecule has 0 spiro atoms. The quantitative estimate of drug-likeness (QED) is 0.0498. The van der Waals surface area contributed by atoms with Gasteiger partial charge in [-0.05, 0) is 37.6 Å². The Morgan fingerprint density at radius 1 is 0.964 bits per heavy atom. The number of imide groups is 1. The lowest BCUT2D eigenvalue weighted by molar-refractivity contribution is -0.172. The Bertz CT molecular complexity index is 2010. The van der Waals surface area contributed by atoms with Crippen LogP contribution in [0.15, 0.2) is 48.5 Å². The third-order valence-corrected chi connectivity index (χ3v) is 10.7. The number of benzene rings is 2. The minimum absolute atomic E-state index is 0.0583. The molecular formula is C35H36N6O14S. The summed E-state index contributed by atoms with van der Waals surface area (Å²) in [5.41, 5.74) is -2.25. The predicted octanol–water partition coefficient (Wildman–Crippen LogP) is -0.479. The van der Waals surface area contributed by atoms with E-state index in [0.717, 1.165) is 36.6 Å². The molecule has 3 heterocycles. The number of carbonyl (C=O) groups is 10. The van der Waals surface area contributed by atoms with Crippen molar-refractivity contribution < 1.29 is 67.3 Å². The molecular weight excluding hydrogens is 760 g/mol. The lowest BCUT2D eigenvalue weighted by atomic mass is 9.90. The number of carboxylic acid groups (broad SMARTS) is 1. The number of urea groups is 1. The number of hydrogen-bond donors (Lipinski definition) is 4. The number of thioether (sulfide) groups is 1. The second kappa shape index (κ2) is 16.1. The number of hydrogen-bond acceptors (Lipinski definition) is 14. The van der Waals surface area contributed by atoms with Crippen molar-refractivity contribution >= 4 is 71.7 Å². The fraction of sp³-hybridized carbons (Fsp3) is 0.371. The average Bonchev–Trinajstić information content (AvgIpc) is 3.45. The molecule has 56 heavy (non-hydrogen) atoms. The van der Waals surface area contributed by atoms with Gasteiger partial charge >= 0.3 is 41.7 Å². The molecule has 4 N–H and O–H groups in total. The largest absolute Gasteiger partial charge is 0.480 e. The van der Waals surface area contributed by atoms with E-state index < -0.39 is 88.0 Å². The molecule has 3 saturated heterocycles. The Labute approximate surface area is 322 Å². The maximum absolute atomic E-state index is 14.1. The van der Waals surface area contributed by atoms with Crippen molar-refractivity contribution in [2.24, 2.45) is 0 Å². The first kappa shape index (κ1) is 40.7. The van der Waals surface area contributed by atoms with E-state index in [1.165, 1.54) is 36.1 Å². The zero-order valence-corrected chi connectivity index (χ0v) is 31.1. The molecule has 5 rings (SSSR count). The maximum atomic E-state index is 14.1. The first-order valence-electron chi connectivity index (χ1n) is 16.9. The molecule has 0 aromatic heterocycles. The molecule has 0 radical (unpaired) electrons. The number of nitrogens with zero attached hydrogens (tertiary/aromatic N) is 3. The van der Waals surface area contributed by atoms with Crippen LogP contribution in [-0.2, 0) is 43.1 Å². The molecule has 0 aliphatic carbocycles. The van der Waals surface area contributed by atoms with Crippen LogP contribution in [0.25, 0.3) is 0 Å². The van der Waals surface area contributed by atoms with Crippen LogP contribution in [0.3, 0.4) is 0 Å². The summed E-state index contributed by atoms with van der Waals surface area (Å²) in [6.07, 6.45) is 0.120. The molecule has 21 heteroatoms. The number of carbonyl (C=O) groups excluding carboxylic acids is 9. The second-order valence-corrected chi connectivity index (χ2v) is 14.5. The van der Waals surface area contributed by atoms with Crippen molar-refractivity contribution in [3.8, 4) is 11.5 Å². The van der Waals surface area contributed by atoms with E-state index in [1.54, 1.807) is 25.1 Å². The lowest BCUT2D eigenvalue weighted by Gasteiger charge is -2.52. The van der Waals surface area contributed by atoms with Crippen LogP contribution in [0.1, 0.15) is 49.7 Å². The lowest BCUT2D eigenvalue weighted by Crippen LogP contribution is -2.85. The SMILES string of the molecule is CCN1CCN(C(=O)NC(C(=O)NC2(NC=O)C(=O)N3C(C(=O)O)C(C)(COC(=O)c4ccc(OC(C)=O)c(OC(C)=O)c4)SC32)c2ccccc2)C(=O)C1=O. The fourth-order valence-electron chi connectivity index (χ4n) is 6.42. The fourth-order valence-corrected chi connectivity index (χ4v) is 8.14. The highest BCUT2D eigenvalue weighted by molar-refractivity contribution is 8.01. The Hall–Kier alpha value is -6.51. The highest BCUT2D eigenvalue weighted by Crippen LogP contribution is 2.54. The summed E-state index contributed by atoms with van der Waals surface area (Å²) in [7, 11) is 0. The highest BCUT2D eigenvalue weighted by Gasteiger charge is 2.74. The van der Waals surface area contributed by atoms with Crippen molar-refractivity contribution in [1.82, 2.24) is 30.7 Å². The van der Waals surface area contributed by atoms with Crippen molar-refractivity contribution in [2.75, 3.05) is 26.2 Å². The number of likely N-dealkylation sites (N-methyl/N-ethyl adjacent to an activating group) is 1. The van der Waals surface area contributed by atoms with E-state index in [4.69, 9.17) is 14.2 Å². The van der Waals surface area contributed by atoms with E-state index in [0.29, 0.717) is 4.90 Å². The monoisotopic (exact) mass is 796 g/mol. The molecule has 20 nitrogen and oxygen atoms in total. The minimum Gasteiger partial charge on any atom is -0.480 e. The summed E-state index contributed by atoms with van der Waals surface area (Å²) >= 11 is 0.799. The number of piperazine rings is 1. The van der Waals surface area contributed by atoms with Gasteiger partial charge in [0, 0.05) is 33.5 Å². The number of fused-ring (bicyclic) bond motifs is 1. The van der Waals surface area contributed by atoms with Gasteiger partial charge in [0.15, 0.2) is 11.5 Å². The molecule has 0 bridgehead atoms. The number of ether oxygens (including phenoxy) is 3. The predicted molar refractivity (Wildman–Crippen MR) is 189 cm³/mol. The van der Waals surface area contributed by atoms with E-state index in [2.05, 4.69) is 16.0 Å².